The van der Waals surface area contributed by atoms with Crippen molar-refractivity contribution < 1.29 is 80.6 Å². The first-order valence-electron chi connectivity index (χ1n) is 14.2. The van der Waals surface area contributed by atoms with E-state index in [4.69, 9.17) is 47.0 Å². The molecule has 17 nitrogen and oxygen atoms in total. The minimum Gasteiger partial charge on any atom is -0.463 e. The number of hydrogen-bond donors (Lipinski definition) is 0. The maximum Gasteiger partial charge on any atom is 0.341 e. The second-order valence-electron chi connectivity index (χ2n) is 10.2. The lowest BCUT2D eigenvalue weighted by molar-refractivity contribution is -0.166. The largest absolute Gasteiger partial charge is 0.463 e. The third-order valence-corrected chi connectivity index (χ3v) is 6.54. The molecular weight excluding hydrogens is 620 g/mol. The van der Waals surface area contributed by atoms with Gasteiger partial charge in [0.15, 0.2) is 42.4 Å². The molecule has 0 amide bonds. The Balaban J connectivity index is 2.15. The zero-order valence-electron chi connectivity index (χ0n) is 26.3. The van der Waals surface area contributed by atoms with Gasteiger partial charge in [0.05, 0.1) is 6.61 Å². The molecule has 0 N–H and O–H groups in total. The number of esters is 7. The first-order chi connectivity index (χ1) is 21.6. The van der Waals surface area contributed by atoms with E-state index in [1.54, 1.807) is 6.92 Å². The van der Waals surface area contributed by atoms with Crippen molar-refractivity contribution in [3.8, 4) is 0 Å². The third kappa shape index (κ3) is 9.03. The zero-order valence-corrected chi connectivity index (χ0v) is 26.3. The fourth-order valence-corrected chi connectivity index (χ4v) is 5.02. The predicted molar refractivity (Wildman–Crippen MR) is 145 cm³/mol. The van der Waals surface area contributed by atoms with Crippen molar-refractivity contribution in [3.05, 3.63) is 23.2 Å². The van der Waals surface area contributed by atoms with Crippen LogP contribution < -0.4 is 0 Å². The molecule has 254 valence electrons. The standard InChI is InChI=1S/C29H36O17/c1-8-37-29(36)18-9-19(23-27(42-16(6)34)24(40-14(4)32)20(45-23)10-38-12(2)30)44-22(18)26-28(43-17(7)35)25(41-15(5)33)21(46-26)11-39-13(3)31/h9,20-21,23-28H,8,10-11H2,1-7H3/t20-,21+,23+,24-,25+,26-,27+,28+/m1/s1. The summed E-state index contributed by atoms with van der Waals surface area (Å²) >= 11 is 0. The van der Waals surface area contributed by atoms with Crippen LogP contribution in [0, 0.1) is 0 Å². The van der Waals surface area contributed by atoms with Crippen LogP contribution in [0.5, 0.6) is 0 Å². The van der Waals surface area contributed by atoms with Crippen LogP contribution in [-0.4, -0.2) is 98.2 Å². The monoisotopic (exact) mass is 656 g/mol. The Labute approximate surface area is 262 Å². The number of furan rings is 1. The summed E-state index contributed by atoms with van der Waals surface area (Å²) in [4.78, 5) is 84.5. The van der Waals surface area contributed by atoms with E-state index in [1.165, 1.54) is 6.07 Å². The fourth-order valence-electron chi connectivity index (χ4n) is 5.02. The lowest BCUT2D eigenvalue weighted by Crippen LogP contribution is -2.40. The summed E-state index contributed by atoms with van der Waals surface area (Å²) in [7, 11) is 0. The number of carbonyl (C=O) groups excluding carboxylic acids is 7. The normalized spacial score (nSPS) is 26.8. The predicted octanol–water partition coefficient (Wildman–Crippen LogP) is 1.19. The highest BCUT2D eigenvalue weighted by Crippen LogP contribution is 2.44. The molecule has 0 aromatic carbocycles. The van der Waals surface area contributed by atoms with Gasteiger partial charge >= 0.3 is 41.8 Å². The van der Waals surface area contributed by atoms with E-state index in [1.807, 2.05) is 0 Å². The molecule has 8 atom stereocenters. The van der Waals surface area contributed by atoms with Gasteiger partial charge in [-0.25, -0.2) is 4.79 Å². The van der Waals surface area contributed by atoms with Gasteiger partial charge in [-0.1, -0.05) is 0 Å². The summed E-state index contributed by atoms with van der Waals surface area (Å²) in [5.74, 6) is -5.78. The summed E-state index contributed by atoms with van der Waals surface area (Å²) in [6.07, 6.45) is -10.4. The average Bonchev–Trinajstić information content (AvgIpc) is 3.60. The Morgan fingerprint density at radius 3 is 1.41 bits per heavy atom. The molecule has 0 unspecified atom stereocenters. The molecule has 46 heavy (non-hydrogen) atoms. The van der Waals surface area contributed by atoms with Gasteiger partial charge in [-0.2, -0.15) is 0 Å². The van der Waals surface area contributed by atoms with Gasteiger partial charge in [0.1, 0.15) is 36.7 Å². The van der Waals surface area contributed by atoms with Crippen molar-refractivity contribution in [2.24, 2.45) is 0 Å². The van der Waals surface area contributed by atoms with E-state index < -0.39 is 104 Å². The summed E-state index contributed by atoms with van der Waals surface area (Å²) in [6, 6.07) is 1.21. The fraction of sp³-hybridized carbons (Fsp3) is 0.621. The molecule has 1 aromatic rings. The summed E-state index contributed by atoms with van der Waals surface area (Å²) in [6.45, 7) is 7.39. The van der Waals surface area contributed by atoms with Crippen LogP contribution in [0.25, 0.3) is 0 Å². The van der Waals surface area contributed by atoms with Gasteiger partial charge in [-0.05, 0) is 13.0 Å². The number of rotatable bonds is 12. The van der Waals surface area contributed by atoms with Gasteiger partial charge in [-0.3, -0.25) is 28.8 Å². The average molecular weight is 657 g/mol. The number of ether oxygens (including phenoxy) is 9. The first-order valence-corrected chi connectivity index (χ1v) is 14.2. The van der Waals surface area contributed by atoms with E-state index in [0.717, 1.165) is 41.5 Å². The Morgan fingerprint density at radius 2 is 1.00 bits per heavy atom. The van der Waals surface area contributed by atoms with Gasteiger partial charge in [0.2, 0.25) is 0 Å². The second-order valence-corrected chi connectivity index (χ2v) is 10.2. The van der Waals surface area contributed by atoms with Gasteiger partial charge in [-0.15, -0.1) is 0 Å². The first kappa shape index (κ1) is 36.0. The van der Waals surface area contributed by atoms with Crippen molar-refractivity contribution in [2.75, 3.05) is 19.8 Å². The molecule has 3 heterocycles. The molecule has 1 aromatic heterocycles. The lowest BCUT2D eigenvalue weighted by atomic mass is 10.0. The van der Waals surface area contributed by atoms with Crippen LogP contribution in [0.4, 0.5) is 0 Å². The molecule has 0 spiro atoms. The highest BCUT2D eigenvalue weighted by atomic mass is 16.7. The number of carbonyl (C=O) groups is 7. The molecule has 0 aliphatic carbocycles. The van der Waals surface area contributed by atoms with E-state index in [2.05, 4.69) is 0 Å². The minimum atomic E-state index is -1.43. The molecule has 2 fully saturated rings. The van der Waals surface area contributed by atoms with Crippen molar-refractivity contribution >= 4 is 41.8 Å². The SMILES string of the molecule is CCOC(=O)c1cc([C@@H]2O[C@H](COC(C)=O)[C@@H](OC(C)=O)[C@H]2OC(C)=O)oc1[C@H]1O[C@@H](COC(C)=O)[C@H](OC(C)=O)[C@@H]1OC(C)=O. The molecular formula is C29H36O17. The van der Waals surface area contributed by atoms with E-state index >= 15 is 0 Å². The molecule has 2 aliphatic rings. The van der Waals surface area contributed by atoms with Crippen LogP contribution in [0.1, 0.15) is 82.6 Å². The molecule has 2 aliphatic heterocycles. The minimum absolute atomic E-state index is 0.0577. The van der Waals surface area contributed by atoms with Crippen molar-refractivity contribution in [1.82, 2.24) is 0 Å². The number of hydrogen-bond acceptors (Lipinski definition) is 17. The smallest absolute Gasteiger partial charge is 0.341 e. The third-order valence-electron chi connectivity index (χ3n) is 6.54. The molecule has 17 heteroatoms. The molecule has 0 radical (unpaired) electrons. The van der Waals surface area contributed by atoms with Gasteiger partial charge in [0, 0.05) is 41.5 Å². The molecule has 2 saturated heterocycles. The summed E-state index contributed by atoms with van der Waals surface area (Å²) in [5, 5.41) is 0. The Bertz CT molecular complexity index is 1330. The highest BCUT2D eigenvalue weighted by molar-refractivity contribution is 5.91. The lowest BCUT2D eigenvalue weighted by Gasteiger charge is -2.23. The Morgan fingerprint density at radius 1 is 0.587 bits per heavy atom. The quantitative estimate of drug-likeness (QED) is 0.228. The maximum atomic E-state index is 13.2. The van der Waals surface area contributed by atoms with Crippen LogP contribution in [-0.2, 0) is 71.4 Å². The van der Waals surface area contributed by atoms with Crippen molar-refractivity contribution in [3.63, 3.8) is 0 Å². The molecule has 0 saturated carbocycles. The second kappa shape index (κ2) is 15.7. The zero-order chi connectivity index (χ0) is 34.3. The van der Waals surface area contributed by atoms with Crippen LogP contribution in [0.3, 0.4) is 0 Å². The Kier molecular flexibility index (Phi) is 12.2. The van der Waals surface area contributed by atoms with E-state index in [9.17, 15) is 33.6 Å². The Hall–Kier alpha value is -4.51. The summed E-state index contributed by atoms with van der Waals surface area (Å²) in [5.41, 5.74) is -0.230. The molecule has 0 bridgehead atoms. The molecule has 3 rings (SSSR count). The van der Waals surface area contributed by atoms with E-state index in [0.29, 0.717) is 0 Å². The topological polar surface area (TPSA) is 216 Å². The van der Waals surface area contributed by atoms with Crippen LogP contribution >= 0.6 is 0 Å². The van der Waals surface area contributed by atoms with Crippen LogP contribution in [0.2, 0.25) is 0 Å². The van der Waals surface area contributed by atoms with Crippen molar-refractivity contribution in [1.29, 1.82) is 0 Å². The highest BCUT2D eigenvalue weighted by Gasteiger charge is 2.55. The van der Waals surface area contributed by atoms with Gasteiger partial charge < -0.3 is 47.0 Å². The maximum absolute atomic E-state index is 13.2. The summed E-state index contributed by atoms with van der Waals surface area (Å²) < 4.78 is 55.1. The van der Waals surface area contributed by atoms with Crippen LogP contribution in [0.15, 0.2) is 10.5 Å². The van der Waals surface area contributed by atoms with Gasteiger partial charge in [0.25, 0.3) is 0 Å². The van der Waals surface area contributed by atoms with Crippen molar-refractivity contribution in [2.45, 2.75) is 97.3 Å². The van der Waals surface area contributed by atoms with E-state index in [-0.39, 0.29) is 23.7 Å².